The number of hydrogen-bond donors (Lipinski definition) is 1. The number of carbonyl (C=O) groups is 1. The van der Waals surface area contributed by atoms with Gasteiger partial charge in [0.1, 0.15) is 11.1 Å². The Morgan fingerprint density at radius 1 is 1.11 bits per heavy atom. The first-order valence-corrected chi connectivity index (χ1v) is 12.5. The van der Waals surface area contributed by atoms with Crippen molar-refractivity contribution in [3.8, 4) is 22.2 Å². The smallest absolute Gasteiger partial charge is 0.259 e. The van der Waals surface area contributed by atoms with Crippen LogP contribution in [-0.2, 0) is 0 Å². The molecule has 1 aliphatic rings. The van der Waals surface area contributed by atoms with Crippen LogP contribution in [0.3, 0.4) is 0 Å². The maximum Gasteiger partial charge on any atom is 0.259 e. The quantitative estimate of drug-likeness (QED) is 0.358. The molecule has 0 unspecified atom stereocenters. The van der Waals surface area contributed by atoms with Crippen molar-refractivity contribution in [2.45, 2.75) is 18.9 Å². The number of carbonyl (C=O) groups excluding carboxylic acids is 1. The van der Waals surface area contributed by atoms with Crippen LogP contribution in [0.2, 0.25) is 0 Å². The molecule has 0 spiro atoms. The maximum atomic E-state index is 12.9. The lowest BCUT2D eigenvalue weighted by Crippen LogP contribution is -2.28. The van der Waals surface area contributed by atoms with E-state index in [0.717, 1.165) is 30.8 Å². The Morgan fingerprint density at radius 2 is 1.89 bits per heavy atom. The molecule has 1 aromatic carbocycles. The number of rotatable bonds is 9. The van der Waals surface area contributed by atoms with E-state index in [1.165, 1.54) is 37.5 Å². The van der Waals surface area contributed by atoms with E-state index in [0.29, 0.717) is 27.3 Å². The summed E-state index contributed by atoms with van der Waals surface area (Å²) in [5.41, 5.74) is 2.28. The van der Waals surface area contributed by atoms with Crippen molar-refractivity contribution in [2.75, 3.05) is 32.1 Å². The Kier molecular flexibility index (Phi) is 7.44. The zero-order valence-electron chi connectivity index (χ0n) is 19.8. The molecule has 36 heavy (non-hydrogen) atoms. The van der Waals surface area contributed by atoms with Crippen molar-refractivity contribution in [1.29, 1.82) is 0 Å². The average Bonchev–Trinajstić information content (AvgIpc) is 3.62. The SMILES string of the molecule is COc1cc(C(=O)Nc2nnc(-c3ccncc3)s2)cnc1O[C@@H](CN1CCCC1)c1ccccc1. The topological polar surface area (TPSA) is 102 Å². The van der Waals surface area contributed by atoms with Gasteiger partial charge in [0.2, 0.25) is 5.13 Å². The molecule has 4 heterocycles. The number of nitrogens with zero attached hydrogens (tertiary/aromatic N) is 5. The van der Waals surface area contributed by atoms with E-state index in [9.17, 15) is 4.79 Å². The van der Waals surface area contributed by atoms with E-state index in [1.54, 1.807) is 18.5 Å². The first kappa shape index (κ1) is 23.8. The summed E-state index contributed by atoms with van der Waals surface area (Å²) in [4.78, 5) is 23.7. The fraction of sp³-hybridized carbons (Fsp3) is 0.269. The van der Waals surface area contributed by atoms with Crippen molar-refractivity contribution in [3.05, 3.63) is 78.2 Å². The molecule has 0 bridgehead atoms. The second-order valence-electron chi connectivity index (χ2n) is 8.36. The molecule has 9 nitrogen and oxygen atoms in total. The van der Waals surface area contributed by atoms with E-state index < -0.39 is 0 Å². The van der Waals surface area contributed by atoms with Gasteiger partial charge < -0.3 is 9.47 Å². The summed E-state index contributed by atoms with van der Waals surface area (Å²) in [6, 6.07) is 15.4. The predicted octanol–water partition coefficient (Wildman–Crippen LogP) is 4.47. The van der Waals surface area contributed by atoms with Crippen LogP contribution in [0.1, 0.15) is 34.9 Å². The lowest BCUT2D eigenvalue weighted by atomic mass is 10.1. The van der Waals surface area contributed by atoms with Crippen molar-refractivity contribution in [3.63, 3.8) is 0 Å². The Hall–Kier alpha value is -3.89. The highest BCUT2D eigenvalue weighted by atomic mass is 32.1. The van der Waals surface area contributed by atoms with Crippen molar-refractivity contribution >= 4 is 22.4 Å². The molecule has 1 amide bonds. The number of ether oxygens (including phenoxy) is 2. The highest BCUT2D eigenvalue weighted by Gasteiger charge is 2.23. The predicted molar refractivity (Wildman–Crippen MR) is 137 cm³/mol. The van der Waals surface area contributed by atoms with E-state index in [-0.39, 0.29) is 12.0 Å². The normalized spacial score (nSPS) is 14.4. The van der Waals surface area contributed by atoms with Gasteiger partial charge in [-0.3, -0.25) is 20.0 Å². The molecule has 0 aliphatic carbocycles. The summed E-state index contributed by atoms with van der Waals surface area (Å²) in [6.07, 6.45) is 7.04. The fourth-order valence-corrected chi connectivity index (χ4v) is 4.80. The number of anilines is 1. The molecular weight excluding hydrogens is 476 g/mol. The molecule has 10 heteroatoms. The Morgan fingerprint density at radius 3 is 2.64 bits per heavy atom. The van der Waals surface area contributed by atoms with Gasteiger partial charge in [-0.25, -0.2) is 4.98 Å². The van der Waals surface area contributed by atoms with E-state index in [1.807, 2.05) is 30.3 Å². The molecule has 1 fully saturated rings. The van der Waals surface area contributed by atoms with Crippen LogP contribution in [0.25, 0.3) is 10.6 Å². The molecule has 4 aromatic rings. The average molecular weight is 503 g/mol. The second-order valence-corrected chi connectivity index (χ2v) is 9.34. The van der Waals surface area contributed by atoms with Gasteiger partial charge in [0.05, 0.1) is 12.7 Å². The van der Waals surface area contributed by atoms with Crippen LogP contribution in [-0.4, -0.2) is 57.7 Å². The third-order valence-corrected chi connectivity index (χ3v) is 6.81. The number of hydrogen-bond acceptors (Lipinski definition) is 9. The summed E-state index contributed by atoms with van der Waals surface area (Å²) in [6.45, 7) is 2.88. The first-order valence-electron chi connectivity index (χ1n) is 11.7. The Balaban J connectivity index is 1.31. The number of likely N-dealkylation sites (tertiary alicyclic amines) is 1. The van der Waals surface area contributed by atoms with Crippen LogP contribution < -0.4 is 14.8 Å². The second kappa shape index (κ2) is 11.2. The lowest BCUT2D eigenvalue weighted by Gasteiger charge is -2.25. The minimum atomic E-state index is -0.360. The summed E-state index contributed by atoms with van der Waals surface area (Å²) in [5.74, 6) is 0.374. The molecule has 0 radical (unpaired) electrons. The van der Waals surface area contributed by atoms with Crippen LogP contribution in [0.4, 0.5) is 5.13 Å². The maximum absolute atomic E-state index is 12.9. The molecule has 1 saturated heterocycles. The summed E-state index contributed by atoms with van der Waals surface area (Å²) >= 11 is 1.28. The van der Waals surface area contributed by atoms with Gasteiger partial charge in [-0.2, -0.15) is 0 Å². The third-order valence-electron chi connectivity index (χ3n) is 5.92. The van der Waals surface area contributed by atoms with Gasteiger partial charge in [-0.1, -0.05) is 41.7 Å². The molecule has 1 aliphatic heterocycles. The van der Waals surface area contributed by atoms with Gasteiger partial charge >= 0.3 is 0 Å². The zero-order valence-corrected chi connectivity index (χ0v) is 20.6. The third kappa shape index (κ3) is 5.67. The molecule has 5 rings (SSSR count). The fourth-order valence-electron chi connectivity index (χ4n) is 4.06. The van der Waals surface area contributed by atoms with Gasteiger partial charge in [0, 0.05) is 36.8 Å². The number of amides is 1. The van der Waals surface area contributed by atoms with E-state index in [2.05, 4.69) is 42.5 Å². The molecule has 1 atom stereocenters. The number of nitrogens with one attached hydrogen (secondary N) is 1. The number of benzene rings is 1. The van der Waals surface area contributed by atoms with E-state index in [4.69, 9.17) is 9.47 Å². The van der Waals surface area contributed by atoms with Crippen molar-refractivity contribution in [1.82, 2.24) is 25.1 Å². The van der Waals surface area contributed by atoms with Crippen LogP contribution in [0.15, 0.2) is 67.1 Å². The summed E-state index contributed by atoms with van der Waals surface area (Å²) in [7, 11) is 1.54. The molecule has 184 valence electrons. The molecular formula is C26H26N6O3S. The zero-order chi connectivity index (χ0) is 24.7. The lowest BCUT2D eigenvalue weighted by molar-refractivity contribution is 0.102. The summed E-state index contributed by atoms with van der Waals surface area (Å²) in [5, 5.41) is 12.1. The Bertz CT molecular complexity index is 1300. The van der Waals surface area contributed by atoms with Crippen molar-refractivity contribution in [2.24, 2.45) is 0 Å². The van der Waals surface area contributed by atoms with Gasteiger partial charge in [-0.05, 0) is 43.6 Å². The van der Waals surface area contributed by atoms with Crippen LogP contribution >= 0.6 is 11.3 Å². The van der Waals surface area contributed by atoms with Gasteiger partial charge in [0.15, 0.2) is 5.75 Å². The standard InChI is InChI=1S/C26H26N6O3S/c1-34-21-15-20(23(33)29-26-31-30-25(36-26)19-9-11-27-12-10-19)16-28-24(21)35-22(17-32-13-5-6-14-32)18-7-3-2-4-8-18/h2-4,7-12,15-16,22H,5-6,13-14,17H2,1H3,(H,29,31,33)/t22-/m0/s1. The molecule has 1 N–H and O–H groups in total. The van der Waals surface area contributed by atoms with Gasteiger partial charge in [-0.15, -0.1) is 10.2 Å². The number of pyridine rings is 2. The minimum Gasteiger partial charge on any atom is -0.491 e. The summed E-state index contributed by atoms with van der Waals surface area (Å²) < 4.78 is 11.9. The Labute approximate surface area is 213 Å². The van der Waals surface area contributed by atoms with Crippen molar-refractivity contribution < 1.29 is 14.3 Å². The van der Waals surface area contributed by atoms with Gasteiger partial charge in [0.25, 0.3) is 11.8 Å². The highest BCUT2D eigenvalue weighted by Crippen LogP contribution is 2.31. The number of aromatic nitrogens is 4. The van der Waals surface area contributed by atoms with Crippen LogP contribution in [0.5, 0.6) is 11.6 Å². The monoisotopic (exact) mass is 502 g/mol. The highest BCUT2D eigenvalue weighted by molar-refractivity contribution is 7.18. The molecule has 0 saturated carbocycles. The first-order chi connectivity index (χ1) is 17.7. The molecule has 3 aromatic heterocycles. The van der Waals surface area contributed by atoms with E-state index >= 15 is 0 Å². The number of methoxy groups -OCH3 is 1. The van der Waals surface area contributed by atoms with Crippen LogP contribution in [0, 0.1) is 0 Å². The minimum absolute atomic E-state index is 0.210. The largest absolute Gasteiger partial charge is 0.491 e.